The van der Waals surface area contributed by atoms with Crippen LogP contribution in [-0.4, -0.2) is 53.0 Å². The van der Waals surface area contributed by atoms with Gasteiger partial charge in [-0.3, -0.25) is 9.59 Å². The summed E-state index contributed by atoms with van der Waals surface area (Å²) >= 11 is 0. The molecule has 1 aromatic carbocycles. The van der Waals surface area contributed by atoms with Crippen LogP contribution in [0.25, 0.3) is 0 Å². The van der Waals surface area contributed by atoms with Gasteiger partial charge in [0, 0.05) is 45.6 Å². The van der Waals surface area contributed by atoms with Crippen molar-refractivity contribution < 1.29 is 14.3 Å². The van der Waals surface area contributed by atoms with E-state index in [0.29, 0.717) is 32.7 Å². The summed E-state index contributed by atoms with van der Waals surface area (Å²) < 4.78 is 7.09. The van der Waals surface area contributed by atoms with Crippen LogP contribution in [0.2, 0.25) is 0 Å². The van der Waals surface area contributed by atoms with Gasteiger partial charge < -0.3 is 19.1 Å². The van der Waals surface area contributed by atoms with Crippen molar-refractivity contribution >= 4 is 11.8 Å². The molecule has 1 heterocycles. The van der Waals surface area contributed by atoms with Gasteiger partial charge in [-0.2, -0.15) is 0 Å². The van der Waals surface area contributed by atoms with E-state index in [1.807, 2.05) is 60.3 Å². The molecule has 6 heteroatoms. The first-order valence-electron chi connectivity index (χ1n) is 9.23. The smallest absolute Gasteiger partial charge is 0.242 e. The van der Waals surface area contributed by atoms with Crippen molar-refractivity contribution in [3.05, 3.63) is 59.9 Å². The monoisotopic (exact) mass is 371 g/mol. The molecule has 0 saturated heterocycles. The number of aryl methyl sites for hydroxylation is 1. The average Bonchev–Trinajstić information content (AvgIpc) is 3.09. The Bertz CT molecular complexity index is 727. The Hall–Kier alpha value is -2.60. The summed E-state index contributed by atoms with van der Waals surface area (Å²) in [5, 5.41) is 0. The molecule has 0 fully saturated rings. The number of hydrogen-bond acceptors (Lipinski definition) is 3. The zero-order valence-corrected chi connectivity index (χ0v) is 16.4. The highest BCUT2D eigenvalue weighted by Crippen LogP contribution is 2.12. The van der Waals surface area contributed by atoms with E-state index >= 15 is 0 Å². The van der Waals surface area contributed by atoms with Gasteiger partial charge in [0.1, 0.15) is 0 Å². The zero-order chi connectivity index (χ0) is 19.6. The number of carbonyl (C=O) groups excluding carboxylic acids is 2. The quantitative estimate of drug-likeness (QED) is 0.645. The Balaban J connectivity index is 2.15. The molecule has 6 nitrogen and oxygen atoms in total. The van der Waals surface area contributed by atoms with Crippen molar-refractivity contribution in [2.75, 3.05) is 26.8 Å². The van der Waals surface area contributed by atoms with Gasteiger partial charge in [0.2, 0.25) is 11.8 Å². The van der Waals surface area contributed by atoms with E-state index in [0.717, 1.165) is 11.3 Å². The molecule has 2 rings (SSSR count). The first-order chi connectivity index (χ1) is 13.0. The van der Waals surface area contributed by atoms with Gasteiger partial charge in [-0.05, 0) is 17.7 Å². The minimum absolute atomic E-state index is 0.0427. The third kappa shape index (κ3) is 6.25. The van der Waals surface area contributed by atoms with Crippen LogP contribution in [0, 0.1) is 0 Å². The fraction of sp³-hybridized carbons (Fsp3) is 0.429. The molecule has 0 aliphatic rings. The van der Waals surface area contributed by atoms with E-state index in [2.05, 4.69) is 0 Å². The van der Waals surface area contributed by atoms with Crippen molar-refractivity contribution in [1.82, 2.24) is 14.4 Å². The van der Waals surface area contributed by atoms with Crippen LogP contribution in [-0.2, 0) is 34.5 Å². The lowest BCUT2D eigenvalue weighted by atomic mass is 10.2. The van der Waals surface area contributed by atoms with Crippen molar-refractivity contribution in [2.45, 2.75) is 26.4 Å². The van der Waals surface area contributed by atoms with Crippen LogP contribution in [0.15, 0.2) is 48.7 Å². The van der Waals surface area contributed by atoms with E-state index < -0.39 is 0 Å². The number of rotatable bonds is 10. The summed E-state index contributed by atoms with van der Waals surface area (Å²) in [5.74, 6) is -0.114. The molecule has 0 spiro atoms. The topological polar surface area (TPSA) is 54.8 Å². The Morgan fingerprint density at radius 1 is 1.00 bits per heavy atom. The third-order valence-electron chi connectivity index (χ3n) is 4.52. The predicted molar refractivity (Wildman–Crippen MR) is 105 cm³/mol. The molecule has 0 unspecified atom stereocenters. The minimum Gasteiger partial charge on any atom is -0.383 e. The first kappa shape index (κ1) is 20.7. The van der Waals surface area contributed by atoms with Crippen LogP contribution in [0.3, 0.4) is 0 Å². The van der Waals surface area contributed by atoms with Gasteiger partial charge in [-0.15, -0.1) is 0 Å². The number of aromatic nitrogens is 1. The molecule has 2 amide bonds. The normalized spacial score (nSPS) is 10.6. The van der Waals surface area contributed by atoms with E-state index in [1.54, 1.807) is 23.8 Å². The Morgan fingerprint density at radius 3 is 2.33 bits per heavy atom. The summed E-state index contributed by atoms with van der Waals surface area (Å²) in [6.07, 6.45) is 2.33. The summed E-state index contributed by atoms with van der Waals surface area (Å²) in [5.41, 5.74) is 2.11. The second kappa shape index (κ2) is 10.5. The standard InChI is InChI=1S/C21H29N3O3/c1-4-20(25)23(13-14-27-3)17-21(26)24(15-18-9-6-5-7-10-18)16-19-11-8-12-22(19)2/h5-12H,4,13-17H2,1-3H3. The van der Waals surface area contributed by atoms with E-state index in [1.165, 1.54) is 0 Å². The van der Waals surface area contributed by atoms with E-state index in [9.17, 15) is 9.59 Å². The van der Waals surface area contributed by atoms with Crippen LogP contribution in [0.4, 0.5) is 0 Å². The van der Waals surface area contributed by atoms with Crippen LogP contribution < -0.4 is 0 Å². The molecular formula is C21H29N3O3. The summed E-state index contributed by atoms with van der Waals surface area (Å²) in [6, 6.07) is 13.9. The summed E-state index contributed by atoms with van der Waals surface area (Å²) in [7, 11) is 3.56. The van der Waals surface area contributed by atoms with E-state index in [4.69, 9.17) is 4.74 Å². The van der Waals surface area contributed by atoms with Gasteiger partial charge in [0.25, 0.3) is 0 Å². The van der Waals surface area contributed by atoms with Crippen LogP contribution in [0.1, 0.15) is 24.6 Å². The van der Waals surface area contributed by atoms with Crippen LogP contribution in [0.5, 0.6) is 0 Å². The van der Waals surface area contributed by atoms with Crippen molar-refractivity contribution in [3.8, 4) is 0 Å². The average molecular weight is 371 g/mol. The van der Waals surface area contributed by atoms with Gasteiger partial charge in [0.15, 0.2) is 0 Å². The Labute approximate surface area is 161 Å². The number of carbonyl (C=O) groups is 2. The number of nitrogens with zero attached hydrogens (tertiary/aromatic N) is 3. The van der Waals surface area contributed by atoms with Gasteiger partial charge in [0.05, 0.1) is 19.7 Å². The molecule has 1 aromatic heterocycles. The molecule has 0 saturated carbocycles. The lowest BCUT2D eigenvalue weighted by Gasteiger charge is -2.28. The van der Waals surface area contributed by atoms with Gasteiger partial charge in [-0.25, -0.2) is 0 Å². The summed E-state index contributed by atoms with van der Waals surface area (Å²) in [4.78, 5) is 28.6. The largest absolute Gasteiger partial charge is 0.383 e. The second-order valence-corrected chi connectivity index (χ2v) is 6.51. The molecule has 27 heavy (non-hydrogen) atoms. The number of amides is 2. The van der Waals surface area contributed by atoms with Gasteiger partial charge in [-0.1, -0.05) is 37.3 Å². The van der Waals surface area contributed by atoms with Crippen LogP contribution >= 0.6 is 0 Å². The number of methoxy groups -OCH3 is 1. The fourth-order valence-corrected chi connectivity index (χ4v) is 2.87. The highest BCUT2D eigenvalue weighted by molar-refractivity contribution is 5.84. The molecule has 0 radical (unpaired) electrons. The first-order valence-corrected chi connectivity index (χ1v) is 9.23. The molecule has 0 bridgehead atoms. The third-order valence-corrected chi connectivity index (χ3v) is 4.52. The highest BCUT2D eigenvalue weighted by Gasteiger charge is 2.21. The molecule has 146 valence electrons. The predicted octanol–water partition coefficient (Wildman–Crippen LogP) is 2.44. The second-order valence-electron chi connectivity index (χ2n) is 6.51. The van der Waals surface area contributed by atoms with Crippen molar-refractivity contribution in [1.29, 1.82) is 0 Å². The zero-order valence-electron chi connectivity index (χ0n) is 16.4. The molecular weight excluding hydrogens is 342 g/mol. The molecule has 0 aliphatic heterocycles. The molecule has 0 atom stereocenters. The summed E-state index contributed by atoms with van der Waals surface area (Å²) in [6.45, 7) is 3.69. The maximum Gasteiger partial charge on any atom is 0.242 e. The Morgan fingerprint density at radius 2 is 1.74 bits per heavy atom. The lowest BCUT2D eigenvalue weighted by Crippen LogP contribution is -2.43. The Kier molecular flexibility index (Phi) is 8.07. The van der Waals surface area contributed by atoms with Gasteiger partial charge >= 0.3 is 0 Å². The number of hydrogen-bond donors (Lipinski definition) is 0. The van der Waals surface area contributed by atoms with Crippen molar-refractivity contribution in [2.24, 2.45) is 7.05 Å². The maximum atomic E-state index is 13.1. The number of ether oxygens (including phenoxy) is 1. The van der Waals surface area contributed by atoms with Crippen molar-refractivity contribution in [3.63, 3.8) is 0 Å². The highest BCUT2D eigenvalue weighted by atomic mass is 16.5. The molecule has 0 N–H and O–H groups in total. The maximum absolute atomic E-state index is 13.1. The minimum atomic E-state index is -0.0713. The SMILES string of the molecule is CCC(=O)N(CCOC)CC(=O)N(Cc1ccccc1)Cc1cccn1C. The lowest BCUT2D eigenvalue weighted by molar-refractivity contribution is -0.141. The van der Waals surface area contributed by atoms with E-state index in [-0.39, 0.29) is 18.4 Å². The fourth-order valence-electron chi connectivity index (χ4n) is 2.87. The number of benzene rings is 1. The molecule has 2 aromatic rings. The molecule has 0 aliphatic carbocycles.